The number of ether oxygens (including phenoxy) is 1. The van der Waals surface area contributed by atoms with Crippen molar-refractivity contribution in [2.24, 2.45) is 0 Å². The highest BCUT2D eigenvalue weighted by Crippen LogP contribution is 2.33. The van der Waals surface area contributed by atoms with Gasteiger partial charge in [0.05, 0.1) is 30.5 Å². The van der Waals surface area contributed by atoms with Crippen molar-refractivity contribution in [3.05, 3.63) is 35.8 Å². The van der Waals surface area contributed by atoms with Crippen molar-refractivity contribution in [2.45, 2.75) is 57.9 Å². The van der Waals surface area contributed by atoms with E-state index in [9.17, 15) is 14.6 Å². The number of nitrogens with zero attached hydrogens (tertiary/aromatic N) is 4. The Morgan fingerprint density at radius 2 is 1.97 bits per heavy atom. The molecular weight excluding hydrogens is 420 g/mol. The van der Waals surface area contributed by atoms with Crippen LogP contribution in [-0.4, -0.2) is 55.1 Å². The van der Waals surface area contributed by atoms with E-state index in [1.165, 1.54) is 6.07 Å². The van der Waals surface area contributed by atoms with Gasteiger partial charge in [0.25, 0.3) is 0 Å². The molecule has 2 aromatic heterocycles. The first-order chi connectivity index (χ1) is 15.1. The summed E-state index contributed by atoms with van der Waals surface area (Å²) in [7, 11) is 0. The molecule has 1 aliphatic heterocycles. The number of imidazole rings is 1. The summed E-state index contributed by atoms with van der Waals surface area (Å²) < 4.78 is 36.7. The molecule has 172 valence electrons. The van der Waals surface area contributed by atoms with Gasteiger partial charge in [-0.15, -0.1) is 0 Å². The van der Waals surface area contributed by atoms with E-state index >= 15 is 4.39 Å². The van der Waals surface area contributed by atoms with Crippen LogP contribution in [0.25, 0.3) is 22.3 Å². The lowest BCUT2D eigenvalue weighted by molar-refractivity contribution is -0.0136. The third-order valence-corrected chi connectivity index (χ3v) is 5.47. The zero-order valence-corrected chi connectivity index (χ0v) is 18.4. The molecule has 32 heavy (non-hydrogen) atoms. The average Bonchev–Trinajstić information content (AvgIpc) is 3.12. The fourth-order valence-corrected chi connectivity index (χ4v) is 3.94. The number of benzene rings is 1. The third-order valence-electron chi connectivity index (χ3n) is 5.47. The second-order valence-electron chi connectivity index (χ2n) is 8.86. The third kappa shape index (κ3) is 4.17. The normalized spacial score (nSPS) is 19.7. The van der Waals surface area contributed by atoms with Crippen LogP contribution >= 0.6 is 0 Å². The molecule has 1 aromatic carbocycles. The van der Waals surface area contributed by atoms with Crippen LogP contribution < -0.4 is 5.32 Å². The van der Waals surface area contributed by atoms with Crippen molar-refractivity contribution in [1.29, 1.82) is 0 Å². The van der Waals surface area contributed by atoms with Crippen molar-refractivity contribution in [3.8, 4) is 11.3 Å². The van der Waals surface area contributed by atoms with Crippen molar-refractivity contribution in [3.63, 3.8) is 0 Å². The minimum atomic E-state index is -1.29. The molecule has 3 N–H and O–H groups in total. The molecule has 4 rings (SSSR count). The van der Waals surface area contributed by atoms with Gasteiger partial charge in [-0.1, -0.05) is 0 Å². The van der Waals surface area contributed by atoms with Gasteiger partial charge < -0.3 is 24.8 Å². The van der Waals surface area contributed by atoms with E-state index in [1.54, 1.807) is 24.5 Å². The lowest BCUT2D eigenvalue weighted by Gasteiger charge is -2.28. The largest absolute Gasteiger partial charge is 0.389 e. The second kappa shape index (κ2) is 8.34. The summed E-state index contributed by atoms with van der Waals surface area (Å²) in [5, 5.41) is 23.6. The number of aromatic nitrogens is 4. The van der Waals surface area contributed by atoms with E-state index in [0.29, 0.717) is 24.4 Å². The summed E-state index contributed by atoms with van der Waals surface area (Å²) in [6.45, 7) is 7.63. The SMILES string of the molecule is CC(C)n1c(C(C)(C)O)nc2c(F)cc(-c3nc(N[C@@H]4CCOC[C@H]4O)ncc3F)cc21. The Labute approximate surface area is 184 Å². The Kier molecular flexibility index (Phi) is 5.87. The summed E-state index contributed by atoms with van der Waals surface area (Å²) in [6.07, 6.45) is 0.821. The number of hydrogen-bond donors (Lipinski definition) is 3. The lowest BCUT2D eigenvalue weighted by Crippen LogP contribution is -2.42. The van der Waals surface area contributed by atoms with Crippen LogP contribution in [-0.2, 0) is 10.3 Å². The molecule has 0 amide bonds. The average molecular weight is 447 g/mol. The van der Waals surface area contributed by atoms with Crippen LogP contribution in [0, 0.1) is 11.6 Å². The summed E-state index contributed by atoms with van der Waals surface area (Å²) in [6, 6.07) is 2.32. The molecule has 1 fully saturated rings. The van der Waals surface area contributed by atoms with E-state index < -0.39 is 23.3 Å². The molecular formula is C22H27F2N5O3. The van der Waals surface area contributed by atoms with E-state index in [4.69, 9.17) is 4.74 Å². The predicted octanol–water partition coefficient (Wildman–Crippen LogP) is 3.14. The minimum Gasteiger partial charge on any atom is -0.389 e. The predicted molar refractivity (Wildman–Crippen MR) is 115 cm³/mol. The zero-order chi connectivity index (χ0) is 23.2. The molecule has 1 saturated heterocycles. The Balaban J connectivity index is 1.80. The fourth-order valence-electron chi connectivity index (χ4n) is 3.94. The molecule has 1 aliphatic rings. The van der Waals surface area contributed by atoms with Crippen molar-refractivity contribution in [2.75, 3.05) is 18.5 Å². The van der Waals surface area contributed by atoms with Gasteiger partial charge in [0.15, 0.2) is 11.6 Å². The minimum absolute atomic E-state index is 0.0776. The van der Waals surface area contributed by atoms with Gasteiger partial charge in [-0.05, 0) is 46.2 Å². The fraction of sp³-hybridized carbons (Fsp3) is 0.500. The number of aliphatic hydroxyl groups excluding tert-OH is 1. The number of anilines is 1. The van der Waals surface area contributed by atoms with Gasteiger partial charge >= 0.3 is 0 Å². The van der Waals surface area contributed by atoms with Gasteiger partial charge in [-0.2, -0.15) is 0 Å². The summed E-state index contributed by atoms with van der Waals surface area (Å²) in [4.78, 5) is 12.5. The molecule has 0 aliphatic carbocycles. The molecule has 3 aromatic rings. The smallest absolute Gasteiger partial charge is 0.223 e. The van der Waals surface area contributed by atoms with Crippen molar-refractivity contribution >= 4 is 17.0 Å². The summed E-state index contributed by atoms with van der Waals surface area (Å²) in [5.41, 5.74) is -0.629. The molecule has 0 radical (unpaired) electrons. The van der Waals surface area contributed by atoms with Crippen LogP contribution in [0.3, 0.4) is 0 Å². The number of hydrogen-bond acceptors (Lipinski definition) is 7. The lowest BCUT2D eigenvalue weighted by atomic mass is 10.1. The standard InChI is InChI=1S/C22H27F2N5O3/c1-11(2)29-16-8-12(7-13(23)19(16)27-20(29)22(3,4)31)18-14(24)9-25-21(28-18)26-15-5-6-32-10-17(15)30/h7-9,11,15,17,30-31H,5-6,10H2,1-4H3,(H,25,26,28)/t15-,17-/m1/s1. The van der Waals surface area contributed by atoms with Gasteiger partial charge in [-0.25, -0.2) is 23.7 Å². The molecule has 0 spiro atoms. The highest BCUT2D eigenvalue weighted by atomic mass is 19.1. The first kappa shape index (κ1) is 22.5. The number of halogens is 2. The first-order valence-electron chi connectivity index (χ1n) is 10.6. The number of aliphatic hydroxyl groups is 2. The monoisotopic (exact) mass is 447 g/mol. The van der Waals surface area contributed by atoms with E-state index in [1.807, 2.05) is 13.8 Å². The van der Waals surface area contributed by atoms with E-state index in [0.717, 1.165) is 6.20 Å². The van der Waals surface area contributed by atoms with Crippen LogP contribution in [0.4, 0.5) is 14.7 Å². The van der Waals surface area contributed by atoms with Crippen LogP contribution in [0.1, 0.15) is 46.0 Å². The molecule has 0 unspecified atom stereocenters. The maximum atomic E-state index is 15.0. The van der Waals surface area contributed by atoms with Crippen molar-refractivity contribution in [1.82, 2.24) is 19.5 Å². The molecule has 8 nitrogen and oxygen atoms in total. The maximum absolute atomic E-state index is 15.0. The van der Waals surface area contributed by atoms with Crippen molar-refractivity contribution < 1.29 is 23.7 Å². The van der Waals surface area contributed by atoms with Crippen LogP contribution in [0.2, 0.25) is 0 Å². The topological polar surface area (TPSA) is 105 Å². The van der Waals surface area contributed by atoms with E-state index in [2.05, 4.69) is 20.3 Å². The quantitative estimate of drug-likeness (QED) is 0.552. The molecule has 3 heterocycles. The molecule has 0 saturated carbocycles. The van der Waals surface area contributed by atoms with Gasteiger partial charge in [0, 0.05) is 18.2 Å². The number of rotatable bonds is 5. The molecule has 10 heteroatoms. The Hall–Kier alpha value is -2.69. The Morgan fingerprint density at radius 1 is 1.22 bits per heavy atom. The van der Waals surface area contributed by atoms with Gasteiger partial charge in [0.2, 0.25) is 5.95 Å². The maximum Gasteiger partial charge on any atom is 0.223 e. The molecule has 2 atom stereocenters. The summed E-state index contributed by atoms with van der Waals surface area (Å²) in [5.74, 6) is -0.908. The highest BCUT2D eigenvalue weighted by molar-refractivity contribution is 5.83. The number of fused-ring (bicyclic) bond motifs is 1. The second-order valence-corrected chi connectivity index (χ2v) is 8.86. The zero-order valence-electron chi connectivity index (χ0n) is 18.4. The van der Waals surface area contributed by atoms with E-state index in [-0.39, 0.29) is 41.4 Å². The summed E-state index contributed by atoms with van der Waals surface area (Å²) >= 11 is 0. The number of nitrogens with one attached hydrogen (secondary N) is 1. The van der Waals surface area contributed by atoms with Crippen LogP contribution in [0.15, 0.2) is 18.3 Å². The first-order valence-corrected chi connectivity index (χ1v) is 10.6. The Bertz CT molecular complexity index is 1140. The van der Waals surface area contributed by atoms with Crippen LogP contribution in [0.5, 0.6) is 0 Å². The highest BCUT2D eigenvalue weighted by Gasteiger charge is 2.28. The van der Waals surface area contributed by atoms with Gasteiger partial charge in [0.1, 0.15) is 22.6 Å². The van der Waals surface area contributed by atoms with Gasteiger partial charge in [-0.3, -0.25) is 0 Å². The molecule has 0 bridgehead atoms. The Morgan fingerprint density at radius 3 is 2.62 bits per heavy atom.